The van der Waals surface area contributed by atoms with Crippen molar-refractivity contribution in [3.05, 3.63) is 45.2 Å². The van der Waals surface area contributed by atoms with E-state index in [1.54, 1.807) is 20.2 Å². The Hall–Kier alpha value is -0.890. The van der Waals surface area contributed by atoms with Crippen LogP contribution in [-0.2, 0) is 16.6 Å². The molecule has 0 aliphatic carbocycles. The van der Waals surface area contributed by atoms with Gasteiger partial charge in [0.2, 0.25) is 0 Å². The Morgan fingerprint density at radius 3 is 2.38 bits per heavy atom. The highest BCUT2D eigenvalue weighted by atomic mass is 79.9. The maximum Gasteiger partial charge on any atom is 0.252 e. The predicted octanol–water partition coefficient (Wildman–Crippen LogP) is 3.65. The highest BCUT2D eigenvalue weighted by Gasteiger charge is 2.23. The number of hydrogen-bond donors (Lipinski definition) is 0. The minimum atomic E-state index is -3.46. The average Bonchev–Trinajstić information content (AvgIpc) is 2.80. The van der Waals surface area contributed by atoms with Crippen LogP contribution in [0.15, 0.2) is 38.3 Å². The fraction of sp³-hybridized carbons (Fsp3) is 0.286. The van der Waals surface area contributed by atoms with Crippen molar-refractivity contribution in [3.8, 4) is 5.75 Å². The van der Waals surface area contributed by atoms with Crippen molar-refractivity contribution in [2.75, 3.05) is 14.2 Å². The Morgan fingerprint density at radius 1 is 1.29 bits per heavy atom. The summed E-state index contributed by atoms with van der Waals surface area (Å²) < 4.78 is 32.7. The summed E-state index contributed by atoms with van der Waals surface area (Å²) in [6.45, 7) is 2.20. The highest BCUT2D eigenvalue weighted by molar-refractivity contribution is 9.11. The van der Waals surface area contributed by atoms with E-state index >= 15 is 0 Å². The van der Waals surface area contributed by atoms with Gasteiger partial charge in [0.25, 0.3) is 10.0 Å². The molecule has 1 aromatic carbocycles. The van der Waals surface area contributed by atoms with Crippen LogP contribution in [0.1, 0.15) is 11.1 Å². The summed E-state index contributed by atoms with van der Waals surface area (Å²) in [4.78, 5) is 0. The number of ether oxygens (including phenoxy) is 1. The van der Waals surface area contributed by atoms with E-state index in [2.05, 4.69) is 15.9 Å². The van der Waals surface area contributed by atoms with Gasteiger partial charge in [0.05, 0.1) is 10.9 Å². The molecule has 2 rings (SSSR count). The molecular weight excluding hydrogens is 374 g/mol. The van der Waals surface area contributed by atoms with Gasteiger partial charge in [-0.25, -0.2) is 8.42 Å². The topological polar surface area (TPSA) is 46.6 Å². The quantitative estimate of drug-likeness (QED) is 0.783. The van der Waals surface area contributed by atoms with Gasteiger partial charge in [-0.05, 0) is 52.2 Å². The molecule has 1 heterocycles. The minimum Gasteiger partial charge on any atom is -0.497 e. The van der Waals surface area contributed by atoms with Crippen molar-refractivity contribution in [1.82, 2.24) is 4.31 Å². The van der Waals surface area contributed by atoms with Gasteiger partial charge < -0.3 is 4.74 Å². The number of hydrogen-bond acceptors (Lipinski definition) is 4. The smallest absolute Gasteiger partial charge is 0.252 e. The normalized spacial score (nSPS) is 11.9. The van der Waals surface area contributed by atoms with Gasteiger partial charge in [0, 0.05) is 13.6 Å². The van der Waals surface area contributed by atoms with Gasteiger partial charge in [-0.3, -0.25) is 0 Å². The molecule has 0 N–H and O–H groups in total. The van der Waals surface area contributed by atoms with Gasteiger partial charge in [-0.2, -0.15) is 4.31 Å². The molecule has 0 saturated carbocycles. The van der Waals surface area contributed by atoms with Crippen molar-refractivity contribution >= 4 is 37.3 Å². The third-order valence-electron chi connectivity index (χ3n) is 3.06. The zero-order valence-electron chi connectivity index (χ0n) is 12.0. The van der Waals surface area contributed by atoms with Gasteiger partial charge in [-0.15, -0.1) is 11.3 Å². The van der Waals surface area contributed by atoms with E-state index in [0.717, 1.165) is 20.7 Å². The number of nitrogens with zero attached hydrogens (tertiary/aromatic N) is 1. The Labute approximate surface area is 137 Å². The van der Waals surface area contributed by atoms with Crippen molar-refractivity contribution in [1.29, 1.82) is 0 Å². The van der Waals surface area contributed by atoms with E-state index in [4.69, 9.17) is 4.74 Å². The third kappa shape index (κ3) is 3.66. The summed E-state index contributed by atoms with van der Waals surface area (Å²) in [5.41, 5.74) is 1.84. The second-order valence-electron chi connectivity index (χ2n) is 4.63. The van der Waals surface area contributed by atoms with Crippen molar-refractivity contribution in [2.24, 2.45) is 0 Å². The average molecular weight is 390 g/mol. The maximum absolute atomic E-state index is 12.5. The first kappa shape index (κ1) is 16.5. The molecule has 0 atom stereocenters. The summed E-state index contributed by atoms with van der Waals surface area (Å²) in [5.74, 6) is 0.752. The highest BCUT2D eigenvalue weighted by Crippen LogP contribution is 2.32. The number of thiophene rings is 1. The summed E-state index contributed by atoms with van der Waals surface area (Å²) in [5, 5.41) is 0. The van der Waals surface area contributed by atoms with Crippen LogP contribution in [0.25, 0.3) is 0 Å². The lowest BCUT2D eigenvalue weighted by Crippen LogP contribution is -2.25. The van der Waals surface area contributed by atoms with Crippen LogP contribution < -0.4 is 4.74 Å². The fourth-order valence-electron chi connectivity index (χ4n) is 1.79. The van der Waals surface area contributed by atoms with Crippen LogP contribution in [0.4, 0.5) is 0 Å². The molecule has 7 heteroatoms. The summed E-state index contributed by atoms with van der Waals surface area (Å²) in [7, 11) is -0.278. The molecule has 0 unspecified atom stereocenters. The van der Waals surface area contributed by atoms with Crippen LogP contribution in [0.3, 0.4) is 0 Å². The number of aryl methyl sites for hydroxylation is 1. The van der Waals surface area contributed by atoms with Crippen molar-refractivity contribution in [2.45, 2.75) is 17.7 Å². The standard InChI is InChI=1S/C14H16BrNO3S2/c1-10-8-13(20-14(10)15)21(17,18)16(2)9-11-4-6-12(19-3)7-5-11/h4-8H,9H2,1-3H3. The van der Waals surface area contributed by atoms with E-state index in [1.807, 2.05) is 31.2 Å². The van der Waals surface area contributed by atoms with E-state index in [-0.39, 0.29) is 0 Å². The predicted molar refractivity (Wildman–Crippen MR) is 88.4 cm³/mol. The second-order valence-corrected chi connectivity index (χ2v) is 9.27. The first-order valence-corrected chi connectivity index (χ1v) is 9.24. The number of halogens is 1. The van der Waals surface area contributed by atoms with Crippen LogP contribution in [0.2, 0.25) is 0 Å². The minimum absolute atomic E-state index is 0.320. The Morgan fingerprint density at radius 2 is 1.90 bits per heavy atom. The Kier molecular flexibility index (Phi) is 5.08. The van der Waals surface area contributed by atoms with Crippen LogP contribution in [0.5, 0.6) is 5.75 Å². The molecular formula is C14H16BrNO3S2. The lowest BCUT2D eigenvalue weighted by Gasteiger charge is -2.16. The molecule has 0 fully saturated rings. The molecule has 21 heavy (non-hydrogen) atoms. The van der Waals surface area contributed by atoms with Crippen LogP contribution >= 0.6 is 27.3 Å². The van der Waals surface area contributed by atoms with E-state index in [0.29, 0.717) is 10.8 Å². The molecule has 4 nitrogen and oxygen atoms in total. The van der Waals surface area contributed by atoms with Gasteiger partial charge in [0.15, 0.2) is 0 Å². The van der Waals surface area contributed by atoms with Gasteiger partial charge in [-0.1, -0.05) is 12.1 Å². The van der Waals surface area contributed by atoms with Crippen LogP contribution in [0, 0.1) is 6.92 Å². The first-order valence-electron chi connectivity index (χ1n) is 6.20. The fourth-order valence-corrected chi connectivity index (χ4v) is 5.38. The van der Waals surface area contributed by atoms with E-state index in [1.165, 1.54) is 15.6 Å². The molecule has 0 radical (unpaired) electrons. The molecule has 0 spiro atoms. The zero-order valence-corrected chi connectivity index (χ0v) is 15.2. The first-order chi connectivity index (χ1) is 9.84. The molecule has 114 valence electrons. The monoisotopic (exact) mass is 389 g/mol. The third-order valence-corrected chi connectivity index (χ3v) is 7.45. The van der Waals surface area contributed by atoms with Gasteiger partial charge in [0.1, 0.15) is 9.96 Å². The van der Waals surface area contributed by atoms with Crippen molar-refractivity contribution in [3.63, 3.8) is 0 Å². The summed E-state index contributed by atoms with van der Waals surface area (Å²) in [6.07, 6.45) is 0. The Bertz CT molecular complexity index is 704. The van der Waals surface area contributed by atoms with Crippen molar-refractivity contribution < 1.29 is 13.2 Å². The molecule has 0 bridgehead atoms. The lowest BCUT2D eigenvalue weighted by atomic mass is 10.2. The lowest BCUT2D eigenvalue weighted by molar-refractivity contribution is 0.414. The van der Waals surface area contributed by atoms with E-state index < -0.39 is 10.0 Å². The molecule has 1 aromatic heterocycles. The molecule has 0 saturated heterocycles. The summed E-state index contributed by atoms with van der Waals surface area (Å²) in [6, 6.07) is 9.05. The number of methoxy groups -OCH3 is 1. The second kappa shape index (κ2) is 6.48. The molecule has 0 aliphatic heterocycles. The number of benzene rings is 1. The summed E-state index contributed by atoms with van der Waals surface area (Å²) >= 11 is 4.60. The number of sulfonamides is 1. The van der Waals surface area contributed by atoms with Gasteiger partial charge >= 0.3 is 0 Å². The Balaban J connectivity index is 2.19. The largest absolute Gasteiger partial charge is 0.497 e. The maximum atomic E-state index is 12.5. The van der Waals surface area contributed by atoms with Crippen LogP contribution in [-0.4, -0.2) is 26.9 Å². The molecule has 0 amide bonds. The number of rotatable bonds is 5. The van der Waals surface area contributed by atoms with E-state index in [9.17, 15) is 8.42 Å². The SMILES string of the molecule is COc1ccc(CN(C)S(=O)(=O)c2cc(C)c(Br)s2)cc1. The molecule has 0 aliphatic rings. The zero-order chi connectivity index (χ0) is 15.6. The molecule has 2 aromatic rings.